The van der Waals surface area contributed by atoms with Crippen molar-refractivity contribution in [3.05, 3.63) is 53.6 Å². The van der Waals surface area contributed by atoms with Gasteiger partial charge in [0.05, 0.1) is 7.11 Å². The third kappa shape index (κ3) is 4.68. The van der Waals surface area contributed by atoms with Crippen LogP contribution in [-0.4, -0.2) is 62.3 Å². The van der Waals surface area contributed by atoms with Gasteiger partial charge in [-0.1, -0.05) is 0 Å². The Morgan fingerprint density at radius 3 is 2.37 bits per heavy atom. The minimum absolute atomic E-state index is 0.0370. The van der Waals surface area contributed by atoms with E-state index in [0.717, 1.165) is 73.7 Å². The average molecular weight is 478 g/mol. The molecule has 3 aliphatic rings. The Morgan fingerprint density at radius 2 is 1.66 bits per heavy atom. The number of benzene rings is 2. The monoisotopic (exact) mass is 477 g/mol. The van der Waals surface area contributed by atoms with E-state index >= 15 is 0 Å². The second kappa shape index (κ2) is 8.77. The lowest BCUT2D eigenvalue weighted by Gasteiger charge is -2.30. The van der Waals surface area contributed by atoms with Gasteiger partial charge in [-0.25, -0.2) is 4.79 Å². The van der Waals surface area contributed by atoms with E-state index in [1.807, 2.05) is 60.9 Å². The molecule has 0 saturated carbocycles. The minimum atomic E-state index is -0.471. The first kappa shape index (κ1) is 23.5. The van der Waals surface area contributed by atoms with Crippen molar-refractivity contribution in [2.75, 3.05) is 49.6 Å². The number of hydrogen-bond donors (Lipinski definition) is 0. The summed E-state index contributed by atoms with van der Waals surface area (Å²) in [6.45, 7) is 9.80. The van der Waals surface area contributed by atoms with Gasteiger partial charge in [0.15, 0.2) is 0 Å². The summed E-state index contributed by atoms with van der Waals surface area (Å²) in [5, 5.41) is 0. The van der Waals surface area contributed by atoms with Gasteiger partial charge in [0.2, 0.25) is 0 Å². The third-order valence-electron chi connectivity index (χ3n) is 7.45. The molecule has 186 valence electrons. The van der Waals surface area contributed by atoms with Gasteiger partial charge in [-0.3, -0.25) is 4.79 Å². The lowest BCUT2D eigenvalue weighted by Crippen LogP contribution is -2.38. The number of hydrogen-bond acceptors (Lipinski definition) is 5. The van der Waals surface area contributed by atoms with Gasteiger partial charge < -0.3 is 24.2 Å². The number of carbonyl (C=O) groups excluding carboxylic acids is 2. The molecule has 0 aliphatic carbocycles. The normalized spacial score (nSPS) is 22.1. The molecule has 2 fully saturated rings. The van der Waals surface area contributed by atoms with Crippen LogP contribution < -0.4 is 14.5 Å². The standard InChI is InChI=1S/C28H35N3O4/c1-27(2,3)35-26(33)30-16-13-28(19-30)12-15-29(18-28)21-5-7-22(8-6-21)31-14-11-20-17-23(34-4)9-10-24(20)25(31)32/h5-10,17H,11-16,18-19H2,1-4H3. The van der Waals surface area contributed by atoms with Gasteiger partial charge in [-0.2, -0.15) is 0 Å². The summed E-state index contributed by atoms with van der Waals surface area (Å²) in [5.41, 5.74) is 3.53. The highest BCUT2D eigenvalue weighted by Gasteiger charge is 2.45. The maximum absolute atomic E-state index is 13.1. The quantitative estimate of drug-likeness (QED) is 0.639. The van der Waals surface area contributed by atoms with Crippen LogP contribution >= 0.6 is 0 Å². The summed E-state index contributed by atoms with van der Waals surface area (Å²) in [6.07, 6.45) is 2.68. The van der Waals surface area contributed by atoms with Crippen molar-refractivity contribution in [2.45, 2.75) is 45.6 Å². The molecule has 3 aliphatic heterocycles. The lowest BCUT2D eigenvalue weighted by atomic mass is 9.86. The number of amides is 2. The van der Waals surface area contributed by atoms with Crippen LogP contribution in [0.4, 0.5) is 16.2 Å². The summed E-state index contributed by atoms with van der Waals surface area (Å²) in [7, 11) is 1.65. The van der Waals surface area contributed by atoms with Crippen LogP contribution in [0.2, 0.25) is 0 Å². The van der Waals surface area contributed by atoms with Gasteiger partial charge in [0.1, 0.15) is 11.4 Å². The number of fused-ring (bicyclic) bond motifs is 1. The zero-order valence-corrected chi connectivity index (χ0v) is 21.2. The summed E-state index contributed by atoms with van der Waals surface area (Å²) < 4.78 is 10.9. The highest BCUT2D eigenvalue weighted by Crippen LogP contribution is 2.42. The molecule has 0 N–H and O–H groups in total. The molecular formula is C28H35N3O4. The third-order valence-corrected chi connectivity index (χ3v) is 7.45. The molecule has 0 bridgehead atoms. The molecule has 2 amide bonds. The number of ether oxygens (including phenoxy) is 2. The summed E-state index contributed by atoms with van der Waals surface area (Å²) in [5.74, 6) is 0.823. The molecule has 0 radical (unpaired) electrons. The Hall–Kier alpha value is -3.22. The number of methoxy groups -OCH3 is 1. The van der Waals surface area contributed by atoms with Crippen LogP contribution in [0, 0.1) is 5.41 Å². The number of anilines is 2. The highest BCUT2D eigenvalue weighted by atomic mass is 16.6. The molecule has 2 aromatic rings. The van der Waals surface area contributed by atoms with E-state index < -0.39 is 5.60 Å². The van der Waals surface area contributed by atoms with Gasteiger partial charge in [0, 0.05) is 55.1 Å². The van der Waals surface area contributed by atoms with Crippen molar-refractivity contribution in [3.8, 4) is 5.75 Å². The summed E-state index contributed by atoms with van der Waals surface area (Å²) in [6, 6.07) is 14.0. The van der Waals surface area contributed by atoms with E-state index in [0.29, 0.717) is 6.54 Å². The Labute approximate surface area is 207 Å². The number of carbonyl (C=O) groups is 2. The Balaban J connectivity index is 1.23. The van der Waals surface area contributed by atoms with Crippen LogP contribution in [0.25, 0.3) is 0 Å². The predicted octanol–water partition coefficient (Wildman–Crippen LogP) is 4.74. The van der Waals surface area contributed by atoms with E-state index in [4.69, 9.17) is 9.47 Å². The topological polar surface area (TPSA) is 62.3 Å². The SMILES string of the molecule is COc1ccc2c(c1)CCN(c1ccc(N3CCC4(CCN(C(=O)OC(C)(C)C)C4)C3)cc1)C2=O. The predicted molar refractivity (Wildman–Crippen MR) is 137 cm³/mol. The van der Waals surface area contributed by atoms with Gasteiger partial charge in [0.25, 0.3) is 5.91 Å². The van der Waals surface area contributed by atoms with Gasteiger partial charge >= 0.3 is 6.09 Å². The fourth-order valence-electron chi connectivity index (χ4n) is 5.59. The number of nitrogens with zero attached hydrogens (tertiary/aromatic N) is 3. The fourth-order valence-corrected chi connectivity index (χ4v) is 5.59. The molecule has 5 rings (SSSR count). The van der Waals surface area contributed by atoms with Crippen molar-refractivity contribution in [3.63, 3.8) is 0 Å². The Kier molecular flexibility index (Phi) is 5.90. The first-order valence-electron chi connectivity index (χ1n) is 12.5. The number of rotatable bonds is 3. The molecule has 3 heterocycles. The Bertz CT molecular complexity index is 1120. The molecule has 1 spiro atoms. The van der Waals surface area contributed by atoms with Crippen molar-refractivity contribution in [2.24, 2.45) is 5.41 Å². The van der Waals surface area contributed by atoms with E-state index in [9.17, 15) is 9.59 Å². The van der Waals surface area contributed by atoms with Crippen molar-refractivity contribution in [1.29, 1.82) is 0 Å². The molecule has 35 heavy (non-hydrogen) atoms. The van der Waals surface area contributed by atoms with Gasteiger partial charge in [-0.15, -0.1) is 0 Å². The summed E-state index contributed by atoms with van der Waals surface area (Å²) >= 11 is 0. The van der Waals surface area contributed by atoms with Crippen LogP contribution in [0.3, 0.4) is 0 Å². The summed E-state index contributed by atoms with van der Waals surface area (Å²) in [4.78, 5) is 31.8. The molecule has 2 aromatic carbocycles. The van der Waals surface area contributed by atoms with Crippen molar-refractivity contribution < 1.29 is 19.1 Å². The minimum Gasteiger partial charge on any atom is -0.497 e. The fraction of sp³-hybridized carbons (Fsp3) is 0.500. The smallest absolute Gasteiger partial charge is 0.410 e. The second-order valence-corrected chi connectivity index (χ2v) is 11.1. The van der Waals surface area contributed by atoms with Crippen LogP contribution in [-0.2, 0) is 11.2 Å². The Morgan fingerprint density at radius 1 is 0.943 bits per heavy atom. The largest absolute Gasteiger partial charge is 0.497 e. The maximum Gasteiger partial charge on any atom is 0.410 e. The molecule has 0 aromatic heterocycles. The van der Waals surface area contributed by atoms with E-state index in [2.05, 4.69) is 17.0 Å². The molecule has 7 heteroatoms. The van der Waals surface area contributed by atoms with Crippen LogP contribution in [0.15, 0.2) is 42.5 Å². The molecular weight excluding hydrogens is 442 g/mol. The number of likely N-dealkylation sites (tertiary alicyclic amines) is 1. The lowest BCUT2D eigenvalue weighted by molar-refractivity contribution is 0.0276. The zero-order valence-electron chi connectivity index (χ0n) is 21.2. The molecule has 7 nitrogen and oxygen atoms in total. The van der Waals surface area contributed by atoms with Crippen LogP contribution in [0.1, 0.15) is 49.5 Å². The first-order chi connectivity index (χ1) is 16.7. The van der Waals surface area contributed by atoms with E-state index in [1.165, 1.54) is 0 Å². The second-order valence-electron chi connectivity index (χ2n) is 11.1. The maximum atomic E-state index is 13.1. The van der Waals surface area contributed by atoms with Crippen LogP contribution in [0.5, 0.6) is 5.75 Å². The van der Waals surface area contributed by atoms with Crippen molar-refractivity contribution >= 4 is 23.4 Å². The van der Waals surface area contributed by atoms with Crippen molar-refractivity contribution in [1.82, 2.24) is 4.90 Å². The first-order valence-corrected chi connectivity index (χ1v) is 12.5. The van der Waals surface area contributed by atoms with E-state index in [-0.39, 0.29) is 17.4 Å². The van der Waals surface area contributed by atoms with Gasteiger partial charge in [-0.05, 0) is 88.1 Å². The molecule has 2 saturated heterocycles. The van der Waals surface area contributed by atoms with E-state index in [1.54, 1.807) is 7.11 Å². The molecule has 1 unspecified atom stereocenters. The highest BCUT2D eigenvalue weighted by molar-refractivity contribution is 6.08. The average Bonchev–Trinajstić information content (AvgIpc) is 3.45. The zero-order chi connectivity index (χ0) is 24.8. The molecule has 1 atom stereocenters.